The second kappa shape index (κ2) is 7.62. The third-order valence-corrected chi connectivity index (χ3v) is 3.12. The molecule has 0 aliphatic heterocycles. The van der Waals surface area contributed by atoms with Crippen LogP contribution in [-0.4, -0.2) is 24.0 Å². The number of hydrogen-bond donors (Lipinski definition) is 2. The predicted molar refractivity (Wildman–Crippen MR) is 78.5 cm³/mol. The Morgan fingerprint density at radius 3 is 2.55 bits per heavy atom. The highest BCUT2D eigenvalue weighted by Gasteiger charge is 2.03. The van der Waals surface area contributed by atoms with Gasteiger partial charge in [0.05, 0.1) is 13.1 Å². The number of benzene rings is 1. The zero-order valence-corrected chi connectivity index (χ0v) is 11.8. The van der Waals surface area contributed by atoms with Gasteiger partial charge in [-0.15, -0.1) is 0 Å². The van der Waals surface area contributed by atoms with Gasteiger partial charge in [0, 0.05) is 28.5 Å². The fraction of sp³-hybridized carbons (Fsp3) is 0.200. The number of halogens is 1. The van der Waals surface area contributed by atoms with Crippen LogP contribution in [-0.2, 0) is 6.54 Å². The Hall–Kier alpha value is -1.91. The van der Waals surface area contributed by atoms with Gasteiger partial charge in [0.15, 0.2) is 0 Å². The Labute approximate surface area is 123 Å². The van der Waals surface area contributed by atoms with Gasteiger partial charge in [-0.2, -0.15) is 0 Å². The fourth-order valence-corrected chi connectivity index (χ4v) is 1.91. The number of nitrogens with zero attached hydrogens (tertiary/aromatic N) is 1. The first-order valence-corrected chi connectivity index (χ1v) is 6.88. The minimum Gasteiger partial charge on any atom is -0.346 e. The van der Waals surface area contributed by atoms with Crippen molar-refractivity contribution in [2.75, 3.05) is 13.1 Å². The van der Waals surface area contributed by atoms with E-state index in [-0.39, 0.29) is 5.91 Å². The molecule has 2 rings (SSSR count). The lowest BCUT2D eigenvalue weighted by Gasteiger charge is -2.05. The molecule has 104 valence electrons. The average Bonchev–Trinajstić information content (AvgIpc) is 2.49. The Kier molecular flexibility index (Phi) is 5.53. The molecule has 2 aromatic rings. The lowest BCUT2D eigenvalue weighted by atomic mass is 10.2. The van der Waals surface area contributed by atoms with Crippen LogP contribution in [0.15, 0.2) is 48.8 Å². The number of nitrogens with one attached hydrogen (secondary N) is 1. The van der Waals surface area contributed by atoms with Gasteiger partial charge in [0.2, 0.25) is 0 Å². The van der Waals surface area contributed by atoms with Gasteiger partial charge in [-0.05, 0) is 24.3 Å². The van der Waals surface area contributed by atoms with Crippen molar-refractivity contribution in [1.82, 2.24) is 10.3 Å². The van der Waals surface area contributed by atoms with E-state index in [0.29, 0.717) is 12.1 Å². The quantitative estimate of drug-likeness (QED) is 0.786. The minimum absolute atomic E-state index is 0.0627. The van der Waals surface area contributed by atoms with Crippen molar-refractivity contribution < 1.29 is 10.1 Å². The molecular formula is C15H17ClN3O+. The van der Waals surface area contributed by atoms with Gasteiger partial charge < -0.3 is 10.6 Å². The lowest BCUT2D eigenvalue weighted by Crippen LogP contribution is -2.84. The van der Waals surface area contributed by atoms with Gasteiger partial charge in [0.25, 0.3) is 5.91 Å². The van der Waals surface area contributed by atoms with E-state index in [2.05, 4.69) is 15.6 Å². The molecule has 1 amide bonds. The van der Waals surface area contributed by atoms with Crippen LogP contribution in [0.4, 0.5) is 0 Å². The first-order valence-electron chi connectivity index (χ1n) is 6.50. The monoisotopic (exact) mass is 290 g/mol. The number of pyridine rings is 1. The molecule has 5 heteroatoms. The van der Waals surface area contributed by atoms with E-state index >= 15 is 0 Å². The number of carbonyl (C=O) groups is 1. The van der Waals surface area contributed by atoms with E-state index in [1.54, 1.807) is 24.5 Å². The third-order valence-electron chi connectivity index (χ3n) is 2.87. The molecule has 0 saturated heterocycles. The van der Waals surface area contributed by atoms with Gasteiger partial charge in [0.1, 0.15) is 6.54 Å². The fourth-order valence-electron chi connectivity index (χ4n) is 1.78. The van der Waals surface area contributed by atoms with Gasteiger partial charge in [-0.3, -0.25) is 9.78 Å². The summed E-state index contributed by atoms with van der Waals surface area (Å²) in [6, 6.07) is 11.2. The molecule has 20 heavy (non-hydrogen) atoms. The third kappa shape index (κ3) is 4.64. The molecule has 3 N–H and O–H groups in total. The highest BCUT2D eigenvalue weighted by molar-refractivity contribution is 6.30. The first-order chi connectivity index (χ1) is 9.75. The smallest absolute Gasteiger partial charge is 0.251 e. The van der Waals surface area contributed by atoms with Crippen LogP contribution in [0.3, 0.4) is 0 Å². The van der Waals surface area contributed by atoms with E-state index in [4.69, 9.17) is 11.6 Å². The summed E-state index contributed by atoms with van der Waals surface area (Å²) in [7, 11) is 0. The number of hydrogen-bond acceptors (Lipinski definition) is 2. The molecule has 0 unspecified atom stereocenters. The summed E-state index contributed by atoms with van der Waals surface area (Å²) in [6.45, 7) is 2.34. The summed E-state index contributed by atoms with van der Waals surface area (Å²) in [5.41, 5.74) is 1.85. The van der Waals surface area contributed by atoms with Crippen LogP contribution in [0.1, 0.15) is 15.9 Å². The number of carbonyl (C=O) groups excluding carboxylic acids is 1. The first kappa shape index (κ1) is 14.5. The van der Waals surface area contributed by atoms with Crippen molar-refractivity contribution in [2.45, 2.75) is 6.54 Å². The normalized spacial score (nSPS) is 10.2. The van der Waals surface area contributed by atoms with Crippen molar-refractivity contribution in [2.24, 2.45) is 0 Å². The van der Waals surface area contributed by atoms with Crippen molar-refractivity contribution in [3.8, 4) is 0 Å². The zero-order chi connectivity index (χ0) is 14.2. The molecule has 0 aliphatic rings. The standard InChI is InChI=1S/C15H16ClN3O/c16-14-3-1-12(2-4-14)11-18-9-10-19-15(20)13-5-7-17-8-6-13/h1-8,18H,9-11H2,(H,19,20)/p+1. The van der Waals surface area contributed by atoms with Crippen molar-refractivity contribution in [3.63, 3.8) is 0 Å². The summed E-state index contributed by atoms with van der Waals surface area (Å²) < 4.78 is 0. The van der Waals surface area contributed by atoms with E-state index in [0.717, 1.165) is 18.1 Å². The molecule has 1 aromatic carbocycles. The average molecular weight is 291 g/mol. The van der Waals surface area contributed by atoms with Crippen LogP contribution < -0.4 is 10.6 Å². The maximum Gasteiger partial charge on any atom is 0.251 e. The maximum absolute atomic E-state index is 11.7. The largest absolute Gasteiger partial charge is 0.346 e. The topological polar surface area (TPSA) is 58.6 Å². The van der Waals surface area contributed by atoms with Crippen LogP contribution in [0.25, 0.3) is 0 Å². The summed E-state index contributed by atoms with van der Waals surface area (Å²) in [5, 5.41) is 5.77. The van der Waals surface area contributed by atoms with Crippen LogP contribution >= 0.6 is 11.6 Å². The van der Waals surface area contributed by atoms with Gasteiger partial charge in [-0.1, -0.05) is 23.7 Å². The maximum atomic E-state index is 11.7. The SMILES string of the molecule is O=C(NCC[NH2+]Cc1ccc(Cl)cc1)c1ccncc1. The number of quaternary nitrogens is 1. The number of amides is 1. The molecule has 0 atom stereocenters. The second-order valence-electron chi connectivity index (χ2n) is 4.40. The molecule has 0 bridgehead atoms. The summed E-state index contributed by atoms with van der Waals surface area (Å²) in [6.07, 6.45) is 3.23. The van der Waals surface area contributed by atoms with Crippen molar-refractivity contribution in [3.05, 3.63) is 64.9 Å². The summed E-state index contributed by atoms with van der Waals surface area (Å²) >= 11 is 5.83. The number of aromatic nitrogens is 1. The molecule has 1 heterocycles. The van der Waals surface area contributed by atoms with Crippen LogP contribution in [0.2, 0.25) is 5.02 Å². The van der Waals surface area contributed by atoms with Crippen molar-refractivity contribution in [1.29, 1.82) is 0 Å². The molecule has 0 saturated carbocycles. The van der Waals surface area contributed by atoms with E-state index in [1.165, 1.54) is 5.56 Å². The molecule has 4 nitrogen and oxygen atoms in total. The van der Waals surface area contributed by atoms with Gasteiger partial charge in [-0.25, -0.2) is 0 Å². The van der Waals surface area contributed by atoms with Crippen LogP contribution in [0, 0.1) is 0 Å². The Balaban J connectivity index is 1.64. The molecule has 0 radical (unpaired) electrons. The zero-order valence-electron chi connectivity index (χ0n) is 11.1. The molecule has 0 fully saturated rings. The van der Waals surface area contributed by atoms with Crippen LogP contribution in [0.5, 0.6) is 0 Å². The van der Waals surface area contributed by atoms with E-state index in [1.807, 2.05) is 24.3 Å². The molecule has 1 aromatic heterocycles. The Morgan fingerprint density at radius 2 is 1.85 bits per heavy atom. The number of rotatable bonds is 6. The summed E-state index contributed by atoms with van der Waals surface area (Å²) in [5.74, 6) is -0.0627. The highest BCUT2D eigenvalue weighted by Crippen LogP contribution is 2.08. The Bertz CT molecular complexity index is 543. The minimum atomic E-state index is -0.0627. The number of nitrogens with two attached hydrogens (primary N) is 1. The van der Waals surface area contributed by atoms with Crippen molar-refractivity contribution >= 4 is 17.5 Å². The van der Waals surface area contributed by atoms with E-state index in [9.17, 15) is 4.79 Å². The molecule has 0 spiro atoms. The second-order valence-corrected chi connectivity index (χ2v) is 4.84. The predicted octanol–water partition coefficient (Wildman–Crippen LogP) is 1.23. The Morgan fingerprint density at radius 1 is 1.15 bits per heavy atom. The van der Waals surface area contributed by atoms with E-state index < -0.39 is 0 Å². The van der Waals surface area contributed by atoms with Gasteiger partial charge >= 0.3 is 0 Å². The molecular weight excluding hydrogens is 274 g/mol. The lowest BCUT2D eigenvalue weighted by molar-refractivity contribution is -0.668. The highest BCUT2D eigenvalue weighted by atomic mass is 35.5. The summed E-state index contributed by atoms with van der Waals surface area (Å²) in [4.78, 5) is 15.6. The molecule has 0 aliphatic carbocycles.